The topological polar surface area (TPSA) is 75.0 Å². The van der Waals surface area contributed by atoms with Gasteiger partial charge in [0.15, 0.2) is 9.84 Å². The smallest absolute Gasteiger partial charge is 0.179 e. The van der Waals surface area contributed by atoms with E-state index in [1.54, 1.807) is 0 Å². The summed E-state index contributed by atoms with van der Waals surface area (Å²) in [4.78, 5) is 0.164. The molecule has 0 amide bonds. The van der Waals surface area contributed by atoms with Crippen LogP contribution in [0.25, 0.3) is 0 Å². The molecule has 1 aromatic carbocycles. The molecule has 0 aromatic heterocycles. The van der Waals surface area contributed by atoms with E-state index in [9.17, 15) is 12.6 Å². The molecule has 0 radical (unpaired) electrons. The van der Waals surface area contributed by atoms with E-state index < -0.39 is 25.4 Å². The molecule has 0 saturated heterocycles. The Morgan fingerprint density at radius 2 is 1.74 bits per heavy atom. The van der Waals surface area contributed by atoms with Crippen LogP contribution in [0.4, 0.5) is 0 Å². The summed E-state index contributed by atoms with van der Waals surface area (Å²) in [5.41, 5.74) is 0.414. The zero-order valence-electron chi connectivity index (χ0n) is 11.2. The van der Waals surface area contributed by atoms with E-state index in [0.29, 0.717) is 5.56 Å². The Balaban J connectivity index is 2.82. The van der Waals surface area contributed by atoms with Gasteiger partial charge >= 0.3 is 0 Å². The van der Waals surface area contributed by atoms with Gasteiger partial charge in [-0.1, -0.05) is 0 Å². The van der Waals surface area contributed by atoms with Gasteiger partial charge in [-0.3, -0.25) is 4.21 Å². The Morgan fingerprint density at radius 1 is 1.21 bits per heavy atom. The molecule has 1 aromatic rings. The largest absolute Gasteiger partial charge is 0.259 e. The predicted molar refractivity (Wildman–Crippen MR) is 76.0 cm³/mol. The van der Waals surface area contributed by atoms with Gasteiger partial charge in [-0.25, -0.2) is 8.42 Å². The first-order valence-electron chi connectivity index (χ1n) is 5.78. The van der Waals surface area contributed by atoms with Crippen molar-refractivity contribution in [3.63, 3.8) is 0 Å². The second kappa shape index (κ2) is 5.85. The second-order valence-electron chi connectivity index (χ2n) is 5.12. The van der Waals surface area contributed by atoms with Crippen LogP contribution in [0.1, 0.15) is 26.3 Å². The van der Waals surface area contributed by atoms with Crippen molar-refractivity contribution < 1.29 is 12.6 Å². The minimum absolute atomic E-state index is 0.117. The summed E-state index contributed by atoms with van der Waals surface area (Å²) < 4.78 is 35.5. The van der Waals surface area contributed by atoms with Gasteiger partial charge in [0.05, 0.1) is 22.3 Å². The fraction of sp³-hybridized carbons (Fsp3) is 0.462. The summed E-state index contributed by atoms with van der Waals surface area (Å²) in [6.07, 6.45) is 0. The van der Waals surface area contributed by atoms with Crippen molar-refractivity contribution in [1.82, 2.24) is 0 Å². The third-order valence-electron chi connectivity index (χ3n) is 2.56. The highest BCUT2D eigenvalue weighted by molar-refractivity contribution is 7.93. The van der Waals surface area contributed by atoms with Crippen molar-refractivity contribution >= 4 is 20.6 Å². The van der Waals surface area contributed by atoms with Gasteiger partial charge < -0.3 is 0 Å². The standard InChI is InChI=1S/C13H17NO3S2/c1-13(2,3)18(15)8-9-19(16,17)12-6-4-11(10-14)5-7-12/h4-7H,8-9H2,1-3H3. The highest BCUT2D eigenvalue weighted by Gasteiger charge is 2.22. The number of hydrogen-bond acceptors (Lipinski definition) is 4. The lowest BCUT2D eigenvalue weighted by Gasteiger charge is -2.17. The molecule has 0 aliphatic heterocycles. The molecule has 1 atom stereocenters. The van der Waals surface area contributed by atoms with Crippen LogP contribution in [-0.4, -0.2) is 28.9 Å². The first-order chi connectivity index (χ1) is 8.66. The van der Waals surface area contributed by atoms with Crippen molar-refractivity contribution in [3.8, 4) is 6.07 Å². The summed E-state index contributed by atoms with van der Waals surface area (Å²) in [6, 6.07) is 7.69. The lowest BCUT2D eigenvalue weighted by Crippen LogP contribution is -2.27. The number of hydrogen-bond donors (Lipinski definition) is 0. The fourth-order valence-corrected chi connectivity index (χ4v) is 4.23. The van der Waals surface area contributed by atoms with Crippen LogP contribution in [0.5, 0.6) is 0 Å². The molecule has 0 spiro atoms. The number of benzene rings is 1. The molecule has 4 nitrogen and oxygen atoms in total. The average Bonchev–Trinajstić information content (AvgIpc) is 2.35. The quantitative estimate of drug-likeness (QED) is 0.850. The van der Waals surface area contributed by atoms with Crippen molar-refractivity contribution in [1.29, 1.82) is 5.26 Å². The normalized spacial score (nSPS) is 13.8. The van der Waals surface area contributed by atoms with Crippen LogP contribution in [0, 0.1) is 11.3 Å². The Kier molecular flexibility index (Phi) is 4.88. The molecule has 0 N–H and O–H groups in total. The molecule has 0 saturated carbocycles. The van der Waals surface area contributed by atoms with Crippen molar-refractivity contribution in [2.45, 2.75) is 30.4 Å². The maximum absolute atomic E-state index is 12.0. The van der Waals surface area contributed by atoms with Gasteiger partial charge in [-0.2, -0.15) is 5.26 Å². The van der Waals surface area contributed by atoms with E-state index in [4.69, 9.17) is 5.26 Å². The van der Waals surface area contributed by atoms with Crippen LogP contribution in [0.2, 0.25) is 0 Å². The fourth-order valence-electron chi connectivity index (χ4n) is 1.35. The maximum atomic E-state index is 12.0. The highest BCUT2D eigenvalue weighted by atomic mass is 32.2. The molecule has 0 bridgehead atoms. The first-order valence-corrected chi connectivity index (χ1v) is 8.75. The minimum atomic E-state index is -3.44. The van der Waals surface area contributed by atoms with E-state index in [0.717, 1.165) is 0 Å². The molecule has 0 aliphatic rings. The summed E-state index contributed by atoms with van der Waals surface area (Å²) >= 11 is 0. The zero-order chi connectivity index (χ0) is 14.7. The second-order valence-corrected chi connectivity index (χ2v) is 9.55. The highest BCUT2D eigenvalue weighted by Crippen LogP contribution is 2.15. The molecule has 19 heavy (non-hydrogen) atoms. The third-order valence-corrected chi connectivity index (χ3v) is 6.49. The van der Waals surface area contributed by atoms with E-state index in [-0.39, 0.29) is 16.4 Å². The Labute approximate surface area is 116 Å². The maximum Gasteiger partial charge on any atom is 0.179 e. The number of sulfone groups is 1. The van der Waals surface area contributed by atoms with Crippen LogP contribution in [0.3, 0.4) is 0 Å². The van der Waals surface area contributed by atoms with Crippen molar-refractivity contribution in [2.75, 3.05) is 11.5 Å². The van der Waals surface area contributed by atoms with Gasteiger partial charge in [0.2, 0.25) is 0 Å². The summed E-state index contributed by atoms with van der Waals surface area (Å²) in [7, 11) is -4.64. The Bertz CT molecular complexity index is 605. The van der Waals surface area contributed by atoms with Gasteiger partial charge in [0.1, 0.15) is 0 Å². The van der Waals surface area contributed by atoms with Gasteiger partial charge in [0, 0.05) is 21.3 Å². The molecule has 0 aliphatic carbocycles. The molecule has 104 valence electrons. The first kappa shape index (κ1) is 15.9. The Morgan fingerprint density at radius 3 is 2.16 bits per heavy atom. The van der Waals surface area contributed by atoms with Crippen LogP contribution >= 0.6 is 0 Å². The van der Waals surface area contributed by atoms with E-state index in [1.165, 1.54) is 24.3 Å². The molecule has 6 heteroatoms. The molecule has 0 heterocycles. The summed E-state index contributed by atoms with van der Waals surface area (Å²) in [5, 5.41) is 8.66. The molecule has 0 fully saturated rings. The monoisotopic (exact) mass is 299 g/mol. The zero-order valence-corrected chi connectivity index (χ0v) is 12.8. The SMILES string of the molecule is CC(C)(C)S(=O)CCS(=O)(=O)c1ccc(C#N)cc1. The molecule has 1 rings (SSSR count). The van der Waals surface area contributed by atoms with Gasteiger partial charge in [0.25, 0.3) is 0 Å². The lowest BCUT2D eigenvalue weighted by molar-refractivity contribution is 0.596. The van der Waals surface area contributed by atoms with Gasteiger partial charge in [-0.15, -0.1) is 0 Å². The summed E-state index contributed by atoms with van der Waals surface area (Å²) in [5.74, 6) is -0.0331. The van der Waals surface area contributed by atoms with Crippen LogP contribution in [-0.2, 0) is 20.6 Å². The lowest BCUT2D eigenvalue weighted by atomic mass is 10.2. The van der Waals surface area contributed by atoms with Crippen molar-refractivity contribution in [3.05, 3.63) is 29.8 Å². The predicted octanol–water partition coefficient (Wildman–Crippen LogP) is 1.88. The Hall–Kier alpha value is -1.19. The van der Waals surface area contributed by atoms with Crippen LogP contribution < -0.4 is 0 Å². The average molecular weight is 299 g/mol. The van der Waals surface area contributed by atoms with Gasteiger partial charge in [-0.05, 0) is 45.0 Å². The molecule has 1 unspecified atom stereocenters. The number of rotatable bonds is 4. The summed E-state index contributed by atoms with van der Waals surface area (Å²) in [6.45, 7) is 5.45. The number of nitriles is 1. The third kappa shape index (κ3) is 4.44. The molecular formula is C13H17NO3S2. The van der Waals surface area contributed by atoms with E-state index in [1.807, 2.05) is 26.8 Å². The van der Waals surface area contributed by atoms with E-state index >= 15 is 0 Å². The van der Waals surface area contributed by atoms with Crippen LogP contribution in [0.15, 0.2) is 29.2 Å². The van der Waals surface area contributed by atoms with Crippen molar-refractivity contribution in [2.24, 2.45) is 0 Å². The van der Waals surface area contributed by atoms with E-state index in [2.05, 4.69) is 0 Å². The number of nitrogens with zero attached hydrogens (tertiary/aromatic N) is 1. The minimum Gasteiger partial charge on any atom is -0.259 e. The molecular weight excluding hydrogens is 282 g/mol.